The number of ether oxygens (including phenoxy) is 1. The van der Waals surface area contributed by atoms with Crippen LogP contribution in [0.3, 0.4) is 0 Å². The second kappa shape index (κ2) is 4.33. The molecule has 96 valence electrons. The van der Waals surface area contributed by atoms with Gasteiger partial charge in [-0.2, -0.15) is 0 Å². The maximum atomic E-state index is 11.6. The number of nitrogens with zero attached hydrogens (tertiary/aromatic N) is 2. The lowest BCUT2D eigenvalue weighted by molar-refractivity contribution is -0.143. The zero-order valence-corrected chi connectivity index (χ0v) is 11.0. The summed E-state index contributed by atoms with van der Waals surface area (Å²) in [5, 5.41) is 0. The lowest BCUT2D eigenvalue weighted by Gasteiger charge is -2.13. The monoisotopic (exact) mass is 247 g/mol. The highest BCUT2D eigenvalue weighted by molar-refractivity contribution is 5.84. The number of rotatable bonds is 2. The van der Waals surface area contributed by atoms with Gasteiger partial charge < -0.3 is 10.5 Å². The molecular formula is C13H17N3O2. The van der Waals surface area contributed by atoms with Crippen molar-refractivity contribution in [2.45, 2.75) is 26.8 Å². The van der Waals surface area contributed by atoms with Gasteiger partial charge in [-0.3, -0.25) is 4.57 Å². The van der Waals surface area contributed by atoms with Crippen LogP contribution in [0.1, 0.15) is 24.1 Å². The van der Waals surface area contributed by atoms with Gasteiger partial charge in [0.1, 0.15) is 6.04 Å². The molecule has 1 aromatic carbocycles. The number of carbonyl (C=O) groups excluding carboxylic acids is 1. The molecule has 0 aliphatic carbocycles. The zero-order valence-electron chi connectivity index (χ0n) is 11.0. The Morgan fingerprint density at radius 2 is 2.00 bits per heavy atom. The van der Waals surface area contributed by atoms with Crippen molar-refractivity contribution >= 4 is 23.0 Å². The standard InChI is InChI=1S/C13H17N3O2/c1-7-5-10-11(6-8(7)2)16(13(14)15-10)9(3)12(17)18-4/h5-6,9H,1-4H3,(H2,14,15). The molecule has 0 aliphatic heterocycles. The topological polar surface area (TPSA) is 70.1 Å². The minimum atomic E-state index is -0.484. The van der Waals surface area contributed by atoms with Crippen LogP contribution >= 0.6 is 0 Å². The second-order valence-corrected chi connectivity index (χ2v) is 4.46. The van der Waals surface area contributed by atoms with Crippen LogP contribution in [0.4, 0.5) is 5.95 Å². The van der Waals surface area contributed by atoms with Crippen molar-refractivity contribution in [3.05, 3.63) is 23.3 Å². The fourth-order valence-electron chi connectivity index (χ4n) is 2.05. The predicted molar refractivity (Wildman–Crippen MR) is 70.3 cm³/mol. The zero-order chi connectivity index (χ0) is 13.4. The summed E-state index contributed by atoms with van der Waals surface area (Å²) in [6, 6.07) is 3.48. The number of esters is 1. The van der Waals surface area contributed by atoms with Crippen LogP contribution in [0, 0.1) is 13.8 Å². The minimum absolute atomic E-state index is 0.327. The number of hydrogen-bond acceptors (Lipinski definition) is 4. The number of methoxy groups -OCH3 is 1. The molecule has 0 saturated heterocycles. The molecule has 5 nitrogen and oxygen atoms in total. The summed E-state index contributed by atoms with van der Waals surface area (Å²) in [6.07, 6.45) is 0. The molecule has 1 atom stereocenters. The Morgan fingerprint density at radius 1 is 1.39 bits per heavy atom. The Labute approximate surface area is 106 Å². The Kier molecular flexibility index (Phi) is 2.98. The molecule has 0 bridgehead atoms. The summed E-state index contributed by atoms with van der Waals surface area (Å²) < 4.78 is 6.45. The summed E-state index contributed by atoms with van der Waals surface area (Å²) >= 11 is 0. The number of aromatic nitrogens is 2. The Hall–Kier alpha value is -2.04. The first kappa shape index (κ1) is 12.4. The smallest absolute Gasteiger partial charge is 0.328 e. The highest BCUT2D eigenvalue weighted by atomic mass is 16.5. The fourth-order valence-corrected chi connectivity index (χ4v) is 2.05. The number of nitrogen functional groups attached to an aromatic ring is 1. The number of anilines is 1. The van der Waals surface area contributed by atoms with Gasteiger partial charge in [0.05, 0.1) is 18.1 Å². The summed E-state index contributed by atoms with van der Waals surface area (Å²) in [5.74, 6) is -0.00729. The third-order valence-corrected chi connectivity index (χ3v) is 3.26. The third-order valence-electron chi connectivity index (χ3n) is 3.26. The van der Waals surface area contributed by atoms with E-state index in [1.165, 1.54) is 7.11 Å². The van der Waals surface area contributed by atoms with Crippen molar-refractivity contribution in [2.24, 2.45) is 0 Å². The minimum Gasteiger partial charge on any atom is -0.467 e. The molecule has 1 aromatic heterocycles. The van der Waals surface area contributed by atoms with Gasteiger partial charge in [-0.15, -0.1) is 0 Å². The van der Waals surface area contributed by atoms with Crippen LogP contribution < -0.4 is 5.73 Å². The molecule has 0 amide bonds. The molecule has 0 fully saturated rings. The predicted octanol–water partition coefficient (Wildman–Crippen LogP) is 1.97. The first-order valence-electron chi connectivity index (χ1n) is 5.78. The summed E-state index contributed by atoms with van der Waals surface area (Å²) in [7, 11) is 1.36. The van der Waals surface area contributed by atoms with E-state index in [1.54, 1.807) is 11.5 Å². The van der Waals surface area contributed by atoms with Crippen LogP contribution in [-0.4, -0.2) is 22.6 Å². The van der Waals surface area contributed by atoms with E-state index in [9.17, 15) is 4.79 Å². The number of nitrogens with two attached hydrogens (primary N) is 1. The largest absolute Gasteiger partial charge is 0.467 e. The van der Waals surface area contributed by atoms with Crippen molar-refractivity contribution in [1.29, 1.82) is 0 Å². The van der Waals surface area contributed by atoms with Gasteiger partial charge >= 0.3 is 5.97 Å². The lowest BCUT2D eigenvalue weighted by atomic mass is 10.1. The summed E-state index contributed by atoms with van der Waals surface area (Å²) in [6.45, 7) is 5.79. The lowest BCUT2D eigenvalue weighted by Crippen LogP contribution is -2.19. The van der Waals surface area contributed by atoms with Gasteiger partial charge in [0.25, 0.3) is 0 Å². The van der Waals surface area contributed by atoms with E-state index in [-0.39, 0.29) is 5.97 Å². The van der Waals surface area contributed by atoms with Crippen LogP contribution in [0.25, 0.3) is 11.0 Å². The van der Waals surface area contributed by atoms with Gasteiger partial charge in [-0.05, 0) is 44.0 Å². The van der Waals surface area contributed by atoms with E-state index in [0.29, 0.717) is 5.95 Å². The number of hydrogen-bond donors (Lipinski definition) is 1. The molecular weight excluding hydrogens is 230 g/mol. The van der Waals surface area contributed by atoms with Gasteiger partial charge in [-0.25, -0.2) is 9.78 Å². The highest BCUT2D eigenvalue weighted by Crippen LogP contribution is 2.25. The van der Waals surface area contributed by atoms with Gasteiger partial charge in [0, 0.05) is 0 Å². The molecule has 0 aliphatic rings. The number of imidazole rings is 1. The molecule has 2 N–H and O–H groups in total. The Morgan fingerprint density at radius 3 is 2.61 bits per heavy atom. The van der Waals surface area contributed by atoms with E-state index in [2.05, 4.69) is 4.98 Å². The van der Waals surface area contributed by atoms with Crippen LogP contribution in [0.2, 0.25) is 0 Å². The van der Waals surface area contributed by atoms with Gasteiger partial charge in [-0.1, -0.05) is 0 Å². The Bertz CT molecular complexity index is 616. The molecule has 0 spiro atoms. The maximum Gasteiger partial charge on any atom is 0.328 e. The normalized spacial score (nSPS) is 12.7. The van der Waals surface area contributed by atoms with Crippen LogP contribution in [-0.2, 0) is 9.53 Å². The van der Waals surface area contributed by atoms with Crippen molar-refractivity contribution in [1.82, 2.24) is 9.55 Å². The number of aryl methyl sites for hydroxylation is 2. The van der Waals surface area contributed by atoms with E-state index in [4.69, 9.17) is 10.5 Å². The number of fused-ring (bicyclic) bond motifs is 1. The first-order chi connectivity index (χ1) is 8.45. The summed E-state index contributed by atoms with van der Waals surface area (Å²) in [5.41, 5.74) is 9.83. The third kappa shape index (κ3) is 1.81. The maximum absolute atomic E-state index is 11.6. The molecule has 5 heteroatoms. The van der Waals surface area contributed by atoms with Crippen LogP contribution in [0.5, 0.6) is 0 Å². The second-order valence-electron chi connectivity index (χ2n) is 4.46. The number of benzene rings is 1. The molecule has 18 heavy (non-hydrogen) atoms. The van der Waals surface area contributed by atoms with Crippen LogP contribution in [0.15, 0.2) is 12.1 Å². The van der Waals surface area contributed by atoms with Crippen molar-refractivity contribution < 1.29 is 9.53 Å². The van der Waals surface area contributed by atoms with Crippen molar-refractivity contribution in [2.75, 3.05) is 12.8 Å². The molecule has 0 radical (unpaired) electrons. The molecule has 1 unspecified atom stereocenters. The quantitative estimate of drug-likeness (QED) is 0.824. The molecule has 2 aromatic rings. The molecule has 1 heterocycles. The average molecular weight is 247 g/mol. The van der Waals surface area contributed by atoms with Gasteiger partial charge in [0.15, 0.2) is 0 Å². The van der Waals surface area contributed by atoms with E-state index in [1.807, 2.05) is 26.0 Å². The first-order valence-corrected chi connectivity index (χ1v) is 5.78. The van der Waals surface area contributed by atoms with E-state index >= 15 is 0 Å². The average Bonchev–Trinajstić information content (AvgIpc) is 2.63. The SMILES string of the molecule is COC(=O)C(C)n1c(N)nc2cc(C)c(C)cc21. The molecule has 0 saturated carbocycles. The van der Waals surface area contributed by atoms with Gasteiger partial charge in [0.2, 0.25) is 5.95 Å². The number of carbonyl (C=O) groups is 1. The van der Waals surface area contributed by atoms with Crippen molar-refractivity contribution in [3.8, 4) is 0 Å². The van der Waals surface area contributed by atoms with Crippen molar-refractivity contribution in [3.63, 3.8) is 0 Å². The van der Waals surface area contributed by atoms with E-state index in [0.717, 1.165) is 22.2 Å². The summed E-state index contributed by atoms with van der Waals surface area (Å²) in [4.78, 5) is 15.9. The Balaban J connectivity index is 2.67. The molecule has 2 rings (SSSR count). The van der Waals surface area contributed by atoms with E-state index < -0.39 is 6.04 Å². The fraction of sp³-hybridized carbons (Fsp3) is 0.385. The highest BCUT2D eigenvalue weighted by Gasteiger charge is 2.21.